The molecule has 8 aromatic rings. The van der Waals surface area contributed by atoms with Gasteiger partial charge in [-0.25, -0.2) is 0 Å². The summed E-state index contributed by atoms with van der Waals surface area (Å²) in [6.07, 6.45) is -17.5. The number of hydrogen-bond acceptors (Lipinski definition) is 2. The van der Waals surface area contributed by atoms with Crippen LogP contribution in [0.4, 0.5) is 52.7 Å². The van der Waals surface area contributed by atoms with E-state index in [9.17, 15) is 57.9 Å². The Labute approximate surface area is 306 Å². The smallest absolute Gasteiger partial charge is 0.307 e. The van der Waals surface area contributed by atoms with Crippen LogP contribution in [-0.4, -0.2) is 14.1 Å². The highest BCUT2D eigenvalue weighted by Crippen LogP contribution is 2.46. The number of halogens is 12. The molecule has 282 valence electrons. The predicted octanol–water partition coefficient (Wildman–Crippen LogP) is 12.9. The van der Waals surface area contributed by atoms with Gasteiger partial charge in [-0.15, -0.1) is 0 Å². The molecular formula is C40H18F12N4. The third-order valence-corrected chi connectivity index (χ3v) is 9.55. The molecule has 56 heavy (non-hydrogen) atoms. The highest BCUT2D eigenvalue weighted by molar-refractivity contribution is 6.12. The number of rotatable bonds is 3. The van der Waals surface area contributed by atoms with Crippen molar-refractivity contribution in [2.75, 3.05) is 0 Å². The molecule has 0 aliphatic rings. The second-order valence-electron chi connectivity index (χ2n) is 12.8. The van der Waals surface area contributed by atoms with E-state index in [0.717, 1.165) is 70.1 Å². The van der Waals surface area contributed by atoms with Gasteiger partial charge in [0.2, 0.25) is 0 Å². The molecule has 0 bridgehead atoms. The van der Waals surface area contributed by atoms with Gasteiger partial charge in [0.25, 0.3) is 0 Å². The Hall–Kier alpha value is -6.50. The van der Waals surface area contributed by atoms with Gasteiger partial charge in [0.05, 0.1) is 79.7 Å². The molecule has 5 aromatic carbocycles. The van der Waals surface area contributed by atoms with Gasteiger partial charge in [-0.2, -0.15) is 57.9 Å². The molecule has 0 amide bonds. The second-order valence-corrected chi connectivity index (χ2v) is 12.8. The average Bonchev–Trinajstić information content (AvgIpc) is 3.64. The average molecular weight is 783 g/mol. The zero-order valence-electron chi connectivity index (χ0n) is 27.7. The maximum Gasteiger partial charge on any atom is 0.416 e. The summed E-state index contributed by atoms with van der Waals surface area (Å²) in [5.74, 6) is 0. The van der Waals surface area contributed by atoms with Crippen LogP contribution < -0.4 is 0 Å². The Morgan fingerprint density at radius 2 is 0.768 bits per heavy atom. The van der Waals surface area contributed by atoms with Gasteiger partial charge in [0, 0.05) is 32.7 Å². The van der Waals surface area contributed by atoms with E-state index < -0.39 is 47.0 Å². The van der Waals surface area contributed by atoms with E-state index >= 15 is 0 Å². The number of fused-ring (bicyclic) bond motifs is 6. The minimum Gasteiger partial charge on any atom is -0.307 e. The molecule has 0 saturated heterocycles. The molecule has 0 spiro atoms. The molecule has 16 heteroatoms. The summed E-state index contributed by atoms with van der Waals surface area (Å²) < 4.78 is 172. The Balaban J connectivity index is 1.61. The number of hydrogen-bond donors (Lipinski definition) is 0. The molecule has 0 N–H and O–H groups in total. The first-order valence-electron chi connectivity index (χ1n) is 16.2. The van der Waals surface area contributed by atoms with Gasteiger partial charge in [-0.1, -0.05) is 42.5 Å². The third-order valence-electron chi connectivity index (χ3n) is 9.55. The molecule has 0 aliphatic carbocycles. The Morgan fingerprint density at radius 3 is 1.07 bits per heavy atom. The van der Waals surface area contributed by atoms with Crippen molar-refractivity contribution in [2.45, 2.75) is 24.7 Å². The molecular weight excluding hydrogens is 764 g/mol. The van der Waals surface area contributed by atoms with Gasteiger partial charge in [-0.3, -0.25) is 4.98 Å². The molecule has 4 nitrogen and oxygen atoms in total. The normalized spacial score (nSPS) is 13.0. The molecule has 3 heterocycles. The predicted molar refractivity (Wildman–Crippen MR) is 183 cm³/mol. The van der Waals surface area contributed by atoms with Gasteiger partial charge >= 0.3 is 24.7 Å². The molecule has 0 saturated carbocycles. The van der Waals surface area contributed by atoms with Gasteiger partial charge in [0.1, 0.15) is 0 Å². The summed E-state index contributed by atoms with van der Waals surface area (Å²) in [6, 6.07) is 17.8. The Morgan fingerprint density at radius 1 is 0.446 bits per heavy atom. The van der Waals surface area contributed by atoms with E-state index in [-0.39, 0.29) is 71.7 Å². The first-order valence-corrected chi connectivity index (χ1v) is 16.2. The van der Waals surface area contributed by atoms with Crippen molar-refractivity contribution >= 4 is 43.6 Å². The second kappa shape index (κ2) is 12.3. The standard InChI is InChI=1S/C40H18F12N4/c41-37(42,43)21-5-9-26-27-10-6-22(38(44,45)46)14-31(27)55(30(26)13-21)34-18-54-19-35(36(34)25-4-2-1-3-20(25)17-53)56-32-15-23(39(47,48)49)7-11-28(32)29-12-8-24(16-33(29)56)40(50,51)52/h1-16,18-19H. The summed E-state index contributed by atoms with van der Waals surface area (Å²) in [6.45, 7) is 0. The lowest BCUT2D eigenvalue weighted by atomic mass is 9.97. The molecule has 0 unspecified atom stereocenters. The fourth-order valence-corrected chi connectivity index (χ4v) is 7.11. The van der Waals surface area contributed by atoms with Gasteiger partial charge < -0.3 is 9.13 Å². The van der Waals surface area contributed by atoms with E-state index in [4.69, 9.17) is 0 Å². The lowest BCUT2D eigenvalue weighted by molar-refractivity contribution is -0.138. The lowest BCUT2D eigenvalue weighted by Gasteiger charge is -2.21. The number of pyridine rings is 1. The number of aromatic nitrogens is 3. The summed E-state index contributed by atoms with van der Waals surface area (Å²) in [5, 5.41) is 10.5. The van der Waals surface area contributed by atoms with Crippen molar-refractivity contribution in [3.63, 3.8) is 0 Å². The van der Waals surface area contributed by atoms with Crippen molar-refractivity contribution in [3.8, 4) is 28.6 Å². The highest BCUT2D eigenvalue weighted by atomic mass is 19.4. The maximum absolute atomic E-state index is 14.2. The molecule has 0 aliphatic heterocycles. The molecule has 0 fully saturated rings. The Kier molecular flexibility index (Phi) is 7.98. The van der Waals surface area contributed by atoms with E-state index in [0.29, 0.717) is 24.3 Å². The quantitative estimate of drug-likeness (QED) is 0.168. The molecule has 0 atom stereocenters. The Bertz CT molecular complexity index is 2630. The molecule has 3 aromatic heterocycles. The zero-order chi connectivity index (χ0) is 40.1. The van der Waals surface area contributed by atoms with Crippen molar-refractivity contribution in [1.29, 1.82) is 5.26 Å². The van der Waals surface area contributed by atoms with Gasteiger partial charge in [0.15, 0.2) is 0 Å². The summed E-state index contributed by atoms with van der Waals surface area (Å²) >= 11 is 0. The number of nitriles is 1. The summed E-state index contributed by atoms with van der Waals surface area (Å²) in [5.41, 5.74) is -6.46. The number of nitrogens with zero attached hydrogens (tertiary/aromatic N) is 4. The molecule has 8 rings (SSSR count). The van der Waals surface area contributed by atoms with Crippen LogP contribution in [0.2, 0.25) is 0 Å². The monoisotopic (exact) mass is 782 g/mol. The highest BCUT2D eigenvalue weighted by Gasteiger charge is 2.36. The van der Waals surface area contributed by atoms with Gasteiger partial charge in [-0.05, 0) is 54.6 Å². The van der Waals surface area contributed by atoms with Crippen molar-refractivity contribution < 1.29 is 52.7 Å². The SMILES string of the molecule is N#Cc1ccccc1-c1c(-n2c3cc(C(F)(F)F)ccc3c3ccc(C(F)(F)F)cc32)cncc1-n1c2cc(C(F)(F)F)ccc2c2ccc(C(F)(F)F)cc21. The zero-order valence-corrected chi connectivity index (χ0v) is 27.7. The maximum atomic E-state index is 14.2. The van der Waals surface area contributed by atoms with E-state index in [1.807, 2.05) is 6.07 Å². The van der Waals surface area contributed by atoms with Crippen LogP contribution in [0.3, 0.4) is 0 Å². The van der Waals surface area contributed by atoms with Crippen molar-refractivity contribution in [1.82, 2.24) is 14.1 Å². The lowest BCUT2D eigenvalue weighted by Crippen LogP contribution is -2.09. The fraction of sp³-hybridized carbons (Fsp3) is 0.100. The van der Waals surface area contributed by atoms with Crippen LogP contribution in [0.5, 0.6) is 0 Å². The number of benzene rings is 5. The van der Waals surface area contributed by atoms with E-state index in [1.165, 1.54) is 24.3 Å². The van der Waals surface area contributed by atoms with Crippen LogP contribution in [-0.2, 0) is 24.7 Å². The van der Waals surface area contributed by atoms with Crippen LogP contribution in [0.1, 0.15) is 27.8 Å². The topological polar surface area (TPSA) is 46.5 Å². The van der Waals surface area contributed by atoms with E-state index in [1.54, 1.807) is 0 Å². The van der Waals surface area contributed by atoms with Crippen molar-refractivity contribution in [2.24, 2.45) is 0 Å². The molecule has 0 radical (unpaired) electrons. The first kappa shape index (κ1) is 36.5. The number of alkyl halides is 12. The minimum atomic E-state index is -4.92. The summed E-state index contributed by atoms with van der Waals surface area (Å²) in [4.78, 5) is 4.24. The fourth-order valence-electron chi connectivity index (χ4n) is 7.11. The third kappa shape index (κ3) is 5.85. The van der Waals surface area contributed by atoms with Crippen LogP contribution in [0.15, 0.2) is 109 Å². The van der Waals surface area contributed by atoms with Crippen LogP contribution in [0.25, 0.3) is 66.1 Å². The van der Waals surface area contributed by atoms with Crippen molar-refractivity contribution in [3.05, 3.63) is 137 Å². The van der Waals surface area contributed by atoms with E-state index in [2.05, 4.69) is 4.98 Å². The van der Waals surface area contributed by atoms with Crippen LogP contribution in [0, 0.1) is 11.3 Å². The largest absolute Gasteiger partial charge is 0.416 e. The first-order chi connectivity index (χ1) is 26.3. The van der Waals surface area contributed by atoms with Crippen LogP contribution >= 0.6 is 0 Å². The summed E-state index contributed by atoms with van der Waals surface area (Å²) in [7, 11) is 0. The minimum absolute atomic E-state index is 0.00898.